The van der Waals surface area contributed by atoms with Crippen molar-refractivity contribution in [3.63, 3.8) is 0 Å². The summed E-state index contributed by atoms with van der Waals surface area (Å²) in [4.78, 5) is 22.3. The van der Waals surface area contributed by atoms with Gasteiger partial charge in [-0.15, -0.1) is 0 Å². The van der Waals surface area contributed by atoms with Gasteiger partial charge in [-0.2, -0.15) is 0 Å². The quantitative estimate of drug-likeness (QED) is 0.556. The Labute approximate surface area is 76.8 Å². The molecule has 1 saturated heterocycles. The molecule has 0 spiro atoms. The molecule has 74 valence electrons. The first-order chi connectivity index (χ1) is 6.19. The molecule has 1 rings (SSSR count). The molecule has 5 heteroatoms. The van der Waals surface area contributed by atoms with Gasteiger partial charge >= 0.3 is 0 Å². The Hall–Kier alpha value is -0.940. The van der Waals surface area contributed by atoms with Crippen LogP contribution >= 0.6 is 0 Å². The molecule has 2 N–H and O–H groups in total. The summed E-state index contributed by atoms with van der Waals surface area (Å²) < 4.78 is 4.85. The first-order valence-electron chi connectivity index (χ1n) is 4.28. The molecular formula is C8H14N2O3. The van der Waals surface area contributed by atoms with Gasteiger partial charge in [0, 0.05) is 7.11 Å². The Morgan fingerprint density at radius 3 is 2.46 bits per heavy atom. The van der Waals surface area contributed by atoms with Gasteiger partial charge in [-0.1, -0.05) is 6.92 Å². The summed E-state index contributed by atoms with van der Waals surface area (Å²) in [5.41, 5.74) is 0. The number of hydrogen-bond acceptors (Lipinski definition) is 4. The molecule has 13 heavy (non-hydrogen) atoms. The van der Waals surface area contributed by atoms with E-state index in [-0.39, 0.29) is 24.5 Å². The van der Waals surface area contributed by atoms with Crippen LogP contribution in [0, 0.1) is 0 Å². The molecule has 1 heterocycles. The maximum atomic E-state index is 11.2. The molecule has 2 unspecified atom stereocenters. The monoisotopic (exact) mass is 186 g/mol. The van der Waals surface area contributed by atoms with Crippen molar-refractivity contribution in [3.8, 4) is 0 Å². The minimum atomic E-state index is -0.410. The summed E-state index contributed by atoms with van der Waals surface area (Å²) in [7, 11) is 1.52. The first kappa shape index (κ1) is 10.1. The largest absolute Gasteiger partial charge is 0.383 e. The minimum absolute atomic E-state index is 0.250. The standard InChI is InChI=1S/C8H14N2O3/c1-3-5-7(11)10-8(12)6(9-5)4-13-2/h5-6,9H,3-4H2,1-2H3,(H,10,11,12). The van der Waals surface area contributed by atoms with Crippen molar-refractivity contribution in [2.75, 3.05) is 13.7 Å². The number of ether oxygens (including phenoxy) is 1. The van der Waals surface area contributed by atoms with Gasteiger partial charge in [-0.3, -0.25) is 20.2 Å². The molecule has 2 amide bonds. The van der Waals surface area contributed by atoms with Crippen molar-refractivity contribution in [2.24, 2.45) is 0 Å². The number of carbonyl (C=O) groups excluding carboxylic acids is 2. The molecule has 0 aromatic carbocycles. The van der Waals surface area contributed by atoms with Crippen LogP contribution in [0.25, 0.3) is 0 Å². The lowest BCUT2D eigenvalue weighted by atomic mass is 10.1. The van der Waals surface area contributed by atoms with Crippen LogP contribution in [0.1, 0.15) is 13.3 Å². The van der Waals surface area contributed by atoms with Crippen LogP contribution < -0.4 is 10.6 Å². The predicted octanol–water partition coefficient (Wildman–Crippen LogP) is -0.974. The van der Waals surface area contributed by atoms with Crippen molar-refractivity contribution in [3.05, 3.63) is 0 Å². The van der Waals surface area contributed by atoms with E-state index in [2.05, 4.69) is 10.6 Å². The molecule has 0 aromatic heterocycles. The predicted molar refractivity (Wildman–Crippen MR) is 46.0 cm³/mol. The molecule has 0 aromatic rings. The summed E-state index contributed by atoms with van der Waals surface area (Å²) >= 11 is 0. The van der Waals surface area contributed by atoms with Crippen molar-refractivity contribution < 1.29 is 14.3 Å². The van der Waals surface area contributed by atoms with E-state index >= 15 is 0 Å². The van der Waals surface area contributed by atoms with Gasteiger partial charge in [0.25, 0.3) is 0 Å². The lowest BCUT2D eigenvalue weighted by molar-refractivity contribution is -0.137. The lowest BCUT2D eigenvalue weighted by Gasteiger charge is -2.28. The second-order valence-corrected chi connectivity index (χ2v) is 2.99. The van der Waals surface area contributed by atoms with E-state index in [1.165, 1.54) is 7.11 Å². The topological polar surface area (TPSA) is 67.4 Å². The lowest BCUT2D eigenvalue weighted by Crippen LogP contribution is -2.62. The molecular weight excluding hydrogens is 172 g/mol. The van der Waals surface area contributed by atoms with E-state index in [1.807, 2.05) is 6.92 Å². The highest BCUT2D eigenvalue weighted by Gasteiger charge is 2.32. The second kappa shape index (κ2) is 4.34. The fourth-order valence-electron chi connectivity index (χ4n) is 1.28. The average Bonchev–Trinajstić information content (AvgIpc) is 2.10. The third kappa shape index (κ3) is 2.26. The normalized spacial score (nSPS) is 28.8. The number of hydrogen-bond donors (Lipinski definition) is 2. The summed E-state index contributed by atoms with van der Waals surface area (Å²) in [6, 6.07) is -0.689. The summed E-state index contributed by atoms with van der Waals surface area (Å²) in [5.74, 6) is -0.559. The highest BCUT2D eigenvalue weighted by atomic mass is 16.5. The van der Waals surface area contributed by atoms with Gasteiger partial charge in [0.1, 0.15) is 6.04 Å². The van der Waals surface area contributed by atoms with Crippen LogP contribution in [0.15, 0.2) is 0 Å². The highest BCUT2D eigenvalue weighted by molar-refractivity contribution is 6.02. The Kier molecular flexibility index (Phi) is 3.39. The average molecular weight is 186 g/mol. The highest BCUT2D eigenvalue weighted by Crippen LogP contribution is 2.01. The van der Waals surface area contributed by atoms with E-state index in [0.29, 0.717) is 6.42 Å². The fourth-order valence-corrected chi connectivity index (χ4v) is 1.28. The van der Waals surface area contributed by atoms with E-state index in [0.717, 1.165) is 0 Å². The molecule has 0 radical (unpaired) electrons. The fraction of sp³-hybridized carbons (Fsp3) is 0.750. The zero-order chi connectivity index (χ0) is 9.84. The molecule has 0 saturated carbocycles. The van der Waals surface area contributed by atoms with Crippen molar-refractivity contribution in [1.29, 1.82) is 0 Å². The van der Waals surface area contributed by atoms with Gasteiger partial charge in [0.2, 0.25) is 11.8 Å². The van der Waals surface area contributed by atoms with Crippen LogP contribution in [-0.4, -0.2) is 37.6 Å². The van der Waals surface area contributed by atoms with Gasteiger partial charge in [0.05, 0.1) is 12.6 Å². The van der Waals surface area contributed by atoms with E-state index in [9.17, 15) is 9.59 Å². The number of methoxy groups -OCH3 is 1. The van der Waals surface area contributed by atoms with E-state index < -0.39 is 6.04 Å². The van der Waals surface area contributed by atoms with Crippen molar-refractivity contribution in [1.82, 2.24) is 10.6 Å². The van der Waals surface area contributed by atoms with E-state index in [1.54, 1.807) is 0 Å². The van der Waals surface area contributed by atoms with Gasteiger partial charge < -0.3 is 4.74 Å². The number of nitrogens with one attached hydrogen (secondary N) is 2. The summed E-state index contributed by atoms with van der Waals surface area (Å²) in [6.07, 6.45) is 0.666. The van der Waals surface area contributed by atoms with Crippen LogP contribution in [-0.2, 0) is 14.3 Å². The Balaban J connectivity index is 2.58. The second-order valence-electron chi connectivity index (χ2n) is 2.99. The molecule has 5 nitrogen and oxygen atoms in total. The summed E-state index contributed by atoms with van der Waals surface area (Å²) in [5, 5.41) is 5.21. The molecule has 0 bridgehead atoms. The van der Waals surface area contributed by atoms with Crippen molar-refractivity contribution >= 4 is 11.8 Å². The maximum Gasteiger partial charge on any atom is 0.246 e. The van der Waals surface area contributed by atoms with Crippen LogP contribution in [0.4, 0.5) is 0 Å². The third-order valence-electron chi connectivity index (χ3n) is 2.02. The Morgan fingerprint density at radius 1 is 1.31 bits per heavy atom. The smallest absolute Gasteiger partial charge is 0.246 e. The van der Waals surface area contributed by atoms with Gasteiger partial charge in [-0.25, -0.2) is 0 Å². The number of carbonyl (C=O) groups is 2. The van der Waals surface area contributed by atoms with Crippen LogP contribution in [0.2, 0.25) is 0 Å². The first-order valence-corrected chi connectivity index (χ1v) is 4.28. The van der Waals surface area contributed by atoms with Crippen LogP contribution in [0.5, 0.6) is 0 Å². The molecule has 0 aliphatic carbocycles. The molecule has 2 atom stereocenters. The van der Waals surface area contributed by atoms with Gasteiger partial charge in [-0.05, 0) is 6.42 Å². The molecule has 1 fully saturated rings. The number of imide groups is 1. The Morgan fingerprint density at radius 2 is 1.92 bits per heavy atom. The van der Waals surface area contributed by atoms with E-state index in [4.69, 9.17) is 4.74 Å². The number of rotatable bonds is 3. The molecule has 1 aliphatic rings. The number of amides is 2. The molecule has 1 aliphatic heterocycles. The zero-order valence-corrected chi connectivity index (χ0v) is 7.79. The summed E-state index contributed by atoms with van der Waals surface area (Å²) in [6.45, 7) is 2.17. The zero-order valence-electron chi connectivity index (χ0n) is 7.79. The van der Waals surface area contributed by atoms with Gasteiger partial charge in [0.15, 0.2) is 0 Å². The maximum absolute atomic E-state index is 11.2. The van der Waals surface area contributed by atoms with Crippen molar-refractivity contribution in [2.45, 2.75) is 25.4 Å². The van der Waals surface area contributed by atoms with Crippen LogP contribution in [0.3, 0.4) is 0 Å². The minimum Gasteiger partial charge on any atom is -0.383 e. The SMILES string of the molecule is CCC1NC(COC)C(=O)NC1=O. The Bertz CT molecular complexity index is 217. The number of piperazine rings is 1. The third-order valence-corrected chi connectivity index (χ3v) is 2.02.